The van der Waals surface area contributed by atoms with Gasteiger partial charge in [0.15, 0.2) is 5.82 Å². The molecule has 8 heteroatoms. The zero-order valence-corrected chi connectivity index (χ0v) is 17.7. The van der Waals surface area contributed by atoms with Crippen LogP contribution in [0.5, 0.6) is 0 Å². The van der Waals surface area contributed by atoms with E-state index in [2.05, 4.69) is 38.2 Å². The maximum Gasteiger partial charge on any atom is 0.222 e. The number of carbonyl (C=O) groups is 1. The molecular formula is C23H27N7O. The van der Waals surface area contributed by atoms with Crippen LogP contribution in [0, 0.1) is 5.92 Å². The standard InChI is InChI=1S/C23H27N7O/c1-2-19-13-20(29-22(28-19)16-7-10-25-11-8-16)27-14-17-5-3-9-26-23(17)30-12-4-6-18(15-30)21(24)31/h3,5,7-11,13,18H,2,4,6,12,14-15H2,1H3,(H2,24,31)(H,27,28,29). The fourth-order valence-corrected chi connectivity index (χ4v) is 3.84. The van der Waals surface area contributed by atoms with Crippen molar-refractivity contribution in [2.75, 3.05) is 23.3 Å². The molecule has 1 atom stereocenters. The lowest BCUT2D eigenvalue weighted by molar-refractivity contribution is -0.122. The Labute approximate surface area is 182 Å². The minimum Gasteiger partial charge on any atom is -0.369 e. The van der Waals surface area contributed by atoms with E-state index in [-0.39, 0.29) is 11.8 Å². The molecule has 0 radical (unpaired) electrons. The van der Waals surface area contributed by atoms with Crippen LogP contribution in [0.3, 0.4) is 0 Å². The number of piperidine rings is 1. The van der Waals surface area contributed by atoms with Crippen LogP contribution in [-0.4, -0.2) is 38.9 Å². The number of nitrogens with one attached hydrogen (secondary N) is 1. The average Bonchev–Trinajstić information content (AvgIpc) is 2.83. The molecule has 0 aromatic carbocycles. The van der Waals surface area contributed by atoms with E-state index in [0.29, 0.717) is 18.9 Å². The highest BCUT2D eigenvalue weighted by atomic mass is 16.1. The Morgan fingerprint density at radius 3 is 2.84 bits per heavy atom. The van der Waals surface area contributed by atoms with Gasteiger partial charge in [-0.15, -0.1) is 0 Å². The van der Waals surface area contributed by atoms with Gasteiger partial charge in [0.1, 0.15) is 11.6 Å². The first-order valence-electron chi connectivity index (χ1n) is 10.6. The van der Waals surface area contributed by atoms with Gasteiger partial charge in [0, 0.05) is 61.1 Å². The van der Waals surface area contributed by atoms with Gasteiger partial charge in [-0.1, -0.05) is 13.0 Å². The minimum atomic E-state index is -0.239. The molecule has 160 valence electrons. The van der Waals surface area contributed by atoms with E-state index in [0.717, 1.165) is 54.3 Å². The Bertz CT molecular complexity index is 1040. The SMILES string of the molecule is CCc1cc(NCc2cccnc2N2CCCC(C(N)=O)C2)nc(-c2ccncc2)n1. The number of nitrogens with two attached hydrogens (primary N) is 1. The van der Waals surface area contributed by atoms with Crippen molar-refractivity contribution in [3.63, 3.8) is 0 Å². The molecule has 4 rings (SSSR count). The first-order chi connectivity index (χ1) is 15.1. The lowest BCUT2D eigenvalue weighted by atomic mass is 9.97. The Balaban J connectivity index is 1.54. The third-order valence-electron chi connectivity index (χ3n) is 5.53. The largest absolute Gasteiger partial charge is 0.369 e. The Hall–Kier alpha value is -3.55. The van der Waals surface area contributed by atoms with E-state index in [1.807, 2.05) is 24.3 Å². The number of carbonyl (C=O) groups excluding carboxylic acids is 1. The molecule has 3 N–H and O–H groups in total. The highest BCUT2D eigenvalue weighted by molar-refractivity contribution is 5.77. The molecule has 3 aromatic rings. The molecule has 1 amide bonds. The third-order valence-corrected chi connectivity index (χ3v) is 5.53. The Morgan fingerprint density at radius 2 is 2.06 bits per heavy atom. The molecule has 1 aliphatic heterocycles. The van der Waals surface area contributed by atoms with E-state index in [4.69, 9.17) is 10.7 Å². The number of pyridine rings is 2. The smallest absolute Gasteiger partial charge is 0.222 e. The van der Waals surface area contributed by atoms with Crippen LogP contribution < -0.4 is 16.0 Å². The molecule has 8 nitrogen and oxygen atoms in total. The van der Waals surface area contributed by atoms with Crippen molar-refractivity contribution in [3.8, 4) is 11.4 Å². The summed E-state index contributed by atoms with van der Waals surface area (Å²) in [5.74, 6) is 1.96. The summed E-state index contributed by atoms with van der Waals surface area (Å²) in [7, 11) is 0. The van der Waals surface area contributed by atoms with Gasteiger partial charge in [-0.3, -0.25) is 9.78 Å². The maximum atomic E-state index is 11.7. The summed E-state index contributed by atoms with van der Waals surface area (Å²) in [5, 5.41) is 3.43. The monoisotopic (exact) mass is 417 g/mol. The van der Waals surface area contributed by atoms with Gasteiger partial charge < -0.3 is 16.0 Å². The number of amides is 1. The van der Waals surface area contributed by atoms with Crippen molar-refractivity contribution in [2.45, 2.75) is 32.7 Å². The Kier molecular flexibility index (Phi) is 6.35. The number of aromatic nitrogens is 4. The second-order valence-corrected chi connectivity index (χ2v) is 7.68. The van der Waals surface area contributed by atoms with Crippen LogP contribution in [0.2, 0.25) is 0 Å². The fraction of sp³-hybridized carbons (Fsp3) is 0.348. The highest BCUT2D eigenvalue weighted by Crippen LogP contribution is 2.25. The molecule has 1 unspecified atom stereocenters. The molecule has 4 heterocycles. The average molecular weight is 418 g/mol. The molecular weight excluding hydrogens is 390 g/mol. The van der Waals surface area contributed by atoms with Crippen LogP contribution >= 0.6 is 0 Å². The number of aryl methyl sites for hydroxylation is 1. The maximum absolute atomic E-state index is 11.7. The number of hydrogen-bond donors (Lipinski definition) is 2. The van der Waals surface area contributed by atoms with E-state index in [1.54, 1.807) is 18.6 Å². The van der Waals surface area contributed by atoms with Gasteiger partial charge in [0.05, 0.1) is 5.92 Å². The van der Waals surface area contributed by atoms with Crippen LogP contribution in [-0.2, 0) is 17.8 Å². The first-order valence-corrected chi connectivity index (χ1v) is 10.6. The molecule has 0 saturated carbocycles. The second-order valence-electron chi connectivity index (χ2n) is 7.68. The first kappa shape index (κ1) is 20.7. The zero-order chi connectivity index (χ0) is 21.6. The number of nitrogens with zero attached hydrogens (tertiary/aromatic N) is 5. The predicted molar refractivity (Wildman–Crippen MR) is 120 cm³/mol. The topological polar surface area (TPSA) is 110 Å². The lowest BCUT2D eigenvalue weighted by Gasteiger charge is -2.33. The van der Waals surface area contributed by atoms with Crippen molar-refractivity contribution < 1.29 is 4.79 Å². The molecule has 1 aliphatic rings. The van der Waals surface area contributed by atoms with Crippen LogP contribution in [0.4, 0.5) is 11.6 Å². The van der Waals surface area contributed by atoms with Gasteiger partial charge in [-0.25, -0.2) is 15.0 Å². The summed E-state index contributed by atoms with van der Waals surface area (Å²) in [6.07, 6.45) is 7.85. The number of primary amides is 1. The van der Waals surface area contributed by atoms with Gasteiger partial charge in [0.25, 0.3) is 0 Å². The van der Waals surface area contributed by atoms with Gasteiger partial charge >= 0.3 is 0 Å². The zero-order valence-electron chi connectivity index (χ0n) is 17.7. The normalized spacial score (nSPS) is 16.2. The van der Waals surface area contributed by atoms with Gasteiger partial charge in [0.2, 0.25) is 5.91 Å². The minimum absolute atomic E-state index is 0.131. The van der Waals surface area contributed by atoms with Gasteiger partial charge in [-0.2, -0.15) is 0 Å². The molecule has 0 aliphatic carbocycles. The number of anilines is 2. The van der Waals surface area contributed by atoms with E-state index in [9.17, 15) is 4.79 Å². The molecule has 1 saturated heterocycles. The predicted octanol–water partition coefficient (Wildman–Crippen LogP) is 2.81. The number of rotatable bonds is 7. The summed E-state index contributed by atoms with van der Waals surface area (Å²) in [6, 6.07) is 9.77. The molecule has 31 heavy (non-hydrogen) atoms. The van der Waals surface area contributed by atoms with Crippen molar-refractivity contribution in [2.24, 2.45) is 11.7 Å². The van der Waals surface area contributed by atoms with Gasteiger partial charge in [-0.05, 0) is 37.5 Å². The van der Waals surface area contributed by atoms with E-state index < -0.39 is 0 Å². The summed E-state index contributed by atoms with van der Waals surface area (Å²) >= 11 is 0. The lowest BCUT2D eigenvalue weighted by Crippen LogP contribution is -2.42. The Morgan fingerprint density at radius 1 is 1.23 bits per heavy atom. The number of hydrogen-bond acceptors (Lipinski definition) is 7. The fourth-order valence-electron chi connectivity index (χ4n) is 3.84. The summed E-state index contributed by atoms with van der Waals surface area (Å²) in [4.78, 5) is 31.9. The van der Waals surface area contributed by atoms with Crippen LogP contribution in [0.1, 0.15) is 31.0 Å². The van der Waals surface area contributed by atoms with E-state index >= 15 is 0 Å². The summed E-state index contributed by atoms with van der Waals surface area (Å²) < 4.78 is 0. The second kappa shape index (κ2) is 9.51. The van der Waals surface area contributed by atoms with Crippen molar-refractivity contribution >= 4 is 17.5 Å². The van der Waals surface area contributed by atoms with Crippen molar-refractivity contribution in [1.82, 2.24) is 19.9 Å². The quantitative estimate of drug-likeness (QED) is 0.608. The van der Waals surface area contributed by atoms with Crippen molar-refractivity contribution in [1.29, 1.82) is 0 Å². The van der Waals surface area contributed by atoms with Crippen molar-refractivity contribution in [3.05, 3.63) is 60.2 Å². The molecule has 0 bridgehead atoms. The van der Waals surface area contributed by atoms with Crippen LogP contribution in [0.15, 0.2) is 48.9 Å². The third kappa shape index (κ3) is 4.96. The highest BCUT2D eigenvalue weighted by Gasteiger charge is 2.26. The van der Waals surface area contributed by atoms with E-state index in [1.165, 1.54) is 0 Å². The van der Waals surface area contributed by atoms with Crippen LogP contribution in [0.25, 0.3) is 11.4 Å². The molecule has 0 spiro atoms. The molecule has 3 aromatic heterocycles. The summed E-state index contributed by atoms with van der Waals surface area (Å²) in [6.45, 7) is 4.12. The molecule has 1 fully saturated rings. The summed E-state index contributed by atoms with van der Waals surface area (Å²) in [5.41, 5.74) is 8.50.